The Bertz CT molecular complexity index is 400. The maximum atomic E-state index is 5.80. The fourth-order valence-electron chi connectivity index (χ4n) is 2.74. The molecule has 0 spiro atoms. The van der Waals surface area contributed by atoms with E-state index in [0.717, 1.165) is 37.1 Å². The van der Waals surface area contributed by atoms with Crippen molar-refractivity contribution in [3.05, 3.63) is 23.8 Å². The van der Waals surface area contributed by atoms with E-state index in [0.29, 0.717) is 0 Å². The molecule has 0 bridgehead atoms. The van der Waals surface area contributed by atoms with Gasteiger partial charge in [0.25, 0.3) is 0 Å². The van der Waals surface area contributed by atoms with Crippen molar-refractivity contribution < 1.29 is 9.47 Å². The van der Waals surface area contributed by atoms with Gasteiger partial charge in [0.2, 0.25) is 0 Å². The number of methoxy groups -OCH3 is 1. The van der Waals surface area contributed by atoms with Gasteiger partial charge in [0.05, 0.1) is 13.7 Å². The lowest BCUT2D eigenvalue weighted by Gasteiger charge is -2.13. The van der Waals surface area contributed by atoms with Gasteiger partial charge in [0, 0.05) is 6.04 Å². The number of ether oxygens (including phenoxy) is 2. The van der Waals surface area contributed by atoms with E-state index in [-0.39, 0.29) is 0 Å². The quantitative estimate of drug-likeness (QED) is 0.735. The van der Waals surface area contributed by atoms with Crippen LogP contribution in [0, 0.1) is 6.92 Å². The summed E-state index contributed by atoms with van der Waals surface area (Å²) in [5, 5.41) is 3.63. The summed E-state index contributed by atoms with van der Waals surface area (Å²) in [6, 6.07) is 6.83. The molecule has 1 aliphatic carbocycles. The molecule has 1 N–H and O–H groups in total. The number of nitrogens with one attached hydrogen (secondary N) is 1. The van der Waals surface area contributed by atoms with E-state index in [1.54, 1.807) is 7.11 Å². The van der Waals surface area contributed by atoms with Gasteiger partial charge in [-0.05, 0) is 56.8 Å². The molecule has 0 atom stereocenters. The lowest BCUT2D eigenvalue weighted by atomic mass is 10.2. The highest BCUT2D eigenvalue weighted by Gasteiger charge is 2.13. The Kier molecular flexibility index (Phi) is 6.19. The Balaban J connectivity index is 1.60. The molecule has 1 aromatic rings. The Morgan fingerprint density at radius 3 is 2.70 bits per heavy atom. The first-order valence-corrected chi connectivity index (χ1v) is 7.80. The zero-order chi connectivity index (χ0) is 14.2. The number of aryl methyl sites for hydroxylation is 1. The third-order valence-corrected chi connectivity index (χ3v) is 3.94. The van der Waals surface area contributed by atoms with Gasteiger partial charge in [-0.15, -0.1) is 0 Å². The molecule has 0 aromatic heterocycles. The largest absolute Gasteiger partial charge is 0.493 e. The van der Waals surface area contributed by atoms with E-state index in [4.69, 9.17) is 9.47 Å². The van der Waals surface area contributed by atoms with Crippen LogP contribution >= 0.6 is 0 Å². The van der Waals surface area contributed by atoms with Gasteiger partial charge in [-0.2, -0.15) is 0 Å². The lowest BCUT2D eigenvalue weighted by molar-refractivity contribution is 0.284. The third kappa shape index (κ3) is 4.71. The zero-order valence-corrected chi connectivity index (χ0v) is 12.8. The average Bonchev–Trinajstić information content (AvgIpc) is 2.97. The van der Waals surface area contributed by atoms with Crippen molar-refractivity contribution in [1.82, 2.24) is 5.32 Å². The second-order valence-electron chi connectivity index (χ2n) is 5.65. The number of rotatable bonds is 8. The molecule has 0 radical (unpaired) electrons. The van der Waals surface area contributed by atoms with Crippen LogP contribution in [0.15, 0.2) is 18.2 Å². The van der Waals surface area contributed by atoms with Crippen molar-refractivity contribution >= 4 is 0 Å². The van der Waals surface area contributed by atoms with E-state index >= 15 is 0 Å². The van der Waals surface area contributed by atoms with Crippen molar-refractivity contribution in [3.63, 3.8) is 0 Å². The van der Waals surface area contributed by atoms with Crippen LogP contribution in [-0.2, 0) is 0 Å². The predicted molar refractivity (Wildman–Crippen MR) is 82.7 cm³/mol. The summed E-state index contributed by atoms with van der Waals surface area (Å²) in [6.45, 7) is 3.92. The number of hydrogen-bond donors (Lipinski definition) is 1. The van der Waals surface area contributed by atoms with Gasteiger partial charge >= 0.3 is 0 Å². The molecule has 0 unspecified atom stereocenters. The predicted octanol–water partition coefficient (Wildman–Crippen LogP) is 3.69. The second-order valence-corrected chi connectivity index (χ2v) is 5.65. The Hall–Kier alpha value is -1.22. The van der Waals surface area contributed by atoms with Gasteiger partial charge in [-0.3, -0.25) is 0 Å². The summed E-state index contributed by atoms with van der Waals surface area (Å²) in [4.78, 5) is 0. The van der Waals surface area contributed by atoms with Gasteiger partial charge in [-0.25, -0.2) is 0 Å². The van der Waals surface area contributed by atoms with Crippen LogP contribution in [0.25, 0.3) is 0 Å². The molecular weight excluding hydrogens is 250 g/mol. The standard InChI is InChI=1S/C17H27NO2/c1-14-9-10-16(17(13-14)19-2)20-12-6-5-11-18-15-7-3-4-8-15/h9-10,13,15,18H,3-8,11-12H2,1-2H3. The average molecular weight is 277 g/mol. The zero-order valence-electron chi connectivity index (χ0n) is 12.8. The summed E-state index contributed by atoms with van der Waals surface area (Å²) < 4.78 is 11.1. The summed E-state index contributed by atoms with van der Waals surface area (Å²) in [7, 11) is 1.69. The lowest BCUT2D eigenvalue weighted by Crippen LogP contribution is -2.27. The van der Waals surface area contributed by atoms with Crippen LogP contribution in [0.4, 0.5) is 0 Å². The van der Waals surface area contributed by atoms with E-state index in [1.807, 2.05) is 12.1 Å². The van der Waals surface area contributed by atoms with Crippen LogP contribution in [0.1, 0.15) is 44.1 Å². The van der Waals surface area contributed by atoms with Crippen LogP contribution in [0.5, 0.6) is 11.5 Å². The molecule has 1 aliphatic rings. The molecule has 1 aromatic carbocycles. The van der Waals surface area contributed by atoms with Gasteiger partial charge in [0.15, 0.2) is 11.5 Å². The van der Waals surface area contributed by atoms with E-state index in [9.17, 15) is 0 Å². The topological polar surface area (TPSA) is 30.5 Å². The fourth-order valence-corrected chi connectivity index (χ4v) is 2.74. The summed E-state index contributed by atoms with van der Waals surface area (Å²) >= 11 is 0. The van der Waals surface area contributed by atoms with Crippen molar-refractivity contribution in [2.24, 2.45) is 0 Å². The normalized spacial score (nSPS) is 15.5. The highest BCUT2D eigenvalue weighted by atomic mass is 16.5. The number of unbranched alkanes of at least 4 members (excludes halogenated alkanes) is 1. The fraction of sp³-hybridized carbons (Fsp3) is 0.647. The Labute approximate surface area is 122 Å². The second kappa shape index (κ2) is 8.15. The number of hydrogen-bond acceptors (Lipinski definition) is 3. The van der Waals surface area contributed by atoms with Gasteiger partial charge < -0.3 is 14.8 Å². The van der Waals surface area contributed by atoms with Crippen molar-refractivity contribution in [2.45, 2.75) is 51.5 Å². The minimum Gasteiger partial charge on any atom is -0.493 e. The molecule has 0 saturated heterocycles. The molecule has 3 heteroatoms. The van der Waals surface area contributed by atoms with Crippen LogP contribution < -0.4 is 14.8 Å². The molecule has 0 amide bonds. The minimum atomic E-state index is 0.756. The Morgan fingerprint density at radius 1 is 1.15 bits per heavy atom. The molecule has 0 aliphatic heterocycles. The third-order valence-electron chi connectivity index (χ3n) is 3.94. The van der Waals surface area contributed by atoms with E-state index in [1.165, 1.54) is 37.7 Å². The van der Waals surface area contributed by atoms with Crippen molar-refractivity contribution in [1.29, 1.82) is 0 Å². The molecule has 112 valence electrons. The molecule has 20 heavy (non-hydrogen) atoms. The molecule has 1 fully saturated rings. The first kappa shape index (κ1) is 15.2. The maximum Gasteiger partial charge on any atom is 0.161 e. The van der Waals surface area contributed by atoms with Crippen molar-refractivity contribution in [3.8, 4) is 11.5 Å². The molecule has 2 rings (SSSR count). The summed E-state index contributed by atoms with van der Waals surface area (Å²) in [5.41, 5.74) is 1.19. The first-order chi connectivity index (χ1) is 9.79. The van der Waals surface area contributed by atoms with Crippen LogP contribution in [-0.4, -0.2) is 26.3 Å². The number of benzene rings is 1. The Morgan fingerprint density at radius 2 is 1.95 bits per heavy atom. The summed E-state index contributed by atoms with van der Waals surface area (Å²) in [5.74, 6) is 1.68. The SMILES string of the molecule is COc1cc(C)ccc1OCCCCNC1CCCC1. The maximum absolute atomic E-state index is 5.80. The highest BCUT2D eigenvalue weighted by molar-refractivity contribution is 5.42. The molecule has 0 heterocycles. The highest BCUT2D eigenvalue weighted by Crippen LogP contribution is 2.27. The summed E-state index contributed by atoms with van der Waals surface area (Å²) in [6.07, 6.45) is 7.76. The van der Waals surface area contributed by atoms with Gasteiger partial charge in [0.1, 0.15) is 0 Å². The molecular formula is C17H27NO2. The molecule has 3 nitrogen and oxygen atoms in total. The van der Waals surface area contributed by atoms with E-state index < -0.39 is 0 Å². The van der Waals surface area contributed by atoms with E-state index in [2.05, 4.69) is 18.3 Å². The van der Waals surface area contributed by atoms with Crippen molar-refractivity contribution in [2.75, 3.05) is 20.3 Å². The van der Waals surface area contributed by atoms with Crippen LogP contribution in [0.2, 0.25) is 0 Å². The van der Waals surface area contributed by atoms with Gasteiger partial charge in [-0.1, -0.05) is 18.9 Å². The first-order valence-electron chi connectivity index (χ1n) is 7.80. The van der Waals surface area contributed by atoms with Crippen LogP contribution in [0.3, 0.4) is 0 Å². The monoisotopic (exact) mass is 277 g/mol. The molecule has 1 saturated carbocycles. The minimum absolute atomic E-state index is 0.756. The smallest absolute Gasteiger partial charge is 0.161 e.